The molecule has 2 N–H and O–H groups in total. The van der Waals surface area contributed by atoms with Crippen LogP contribution in [0, 0.1) is 0 Å². The average Bonchev–Trinajstić information content (AvgIpc) is 2.44. The van der Waals surface area contributed by atoms with Crippen LogP contribution >= 0.6 is 0 Å². The standard InChI is InChI=1S/C10H13NO/c1-12-9-6-7-4-2-3-5-8(7)10(9)11/h2-5,9-10H,6,11H2,1H3/t9-,10+/m1/s1. The van der Waals surface area contributed by atoms with Crippen molar-refractivity contribution in [3.8, 4) is 0 Å². The summed E-state index contributed by atoms with van der Waals surface area (Å²) >= 11 is 0. The van der Waals surface area contributed by atoms with Crippen molar-refractivity contribution in [1.82, 2.24) is 0 Å². The molecule has 2 rings (SSSR count). The van der Waals surface area contributed by atoms with Crippen molar-refractivity contribution in [1.29, 1.82) is 0 Å². The molecule has 1 aliphatic carbocycles. The van der Waals surface area contributed by atoms with E-state index in [1.165, 1.54) is 11.1 Å². The van der Waals surface area contributed by atoms with E-state index < -0.39 is 0 Å². The zero-order valence-corrected chi connectivity index (χ0v) is 7.16. The fourth-order valence-corrected chi connectivity index (χ4v) is 1.82. The number of rotatable bonds is 1. The Morgan fingerprint density at radius 3 is 2.83 bits per heavy atom. The van der Waals surface area contributed by atoms with E-state index in [0.29, 0.717) is 0 Å². The van der Waals surface area contributed by atoms with Gasteiger partial charge in [-0.2, -0.15) is 0 Å². The number of ether oxygens (including phenoxy) is 1. The van der Waals surface area contributed by atoms with Crippen molar-refractivity contribution in [2.45, 2.75) is 18.6 Å². The number of hydrogen-bond donors (Lipinski definition) is 1. The van der Waals surface area contributed by atoms with Crippen LogP contribution < -0.4 is 5.73 Å². The third-order valence-electron chi connectivity index (χ3n) is 2.54. The zero-order valence-electron chi connectivity index (χ0n) is 7.16. The van der Waals surface area contributed by atoms with Crippen LogP contribution in [0.25, 0.3) is 0 Å². The van der Waals surface area contributed by atoms with E-state index in [2.05, 4.69) is 12.1 Å². The van der Waals surface area contributed by atoms with Crippen LogP contribution in [0.3, 0.4) is 0 Å². The molecule has 0 fully saturated rings. The fraction of sp³-hybridized carbons (Fsp3) is 0.400. The lowest BCUT2D eigenvalue weighted by Gasteiger charge is -2.13. The Balaban J connectivity index is 2.35. The molecule has 1 aliphatic rings. The Bertz CT molecular complexity index is 285. The molecule has 2 heteroatoms. The van der Waals surface area contributed by atoms with Gasteiger partial charge in [-0.05, 0) is 11.1 Å². The van der Waals surface area contributed by atoms with Gasteiger partial charge in [0, 0.05) is 13.5 Å². The summed E-state index contributed by atoms with van der Waals surface area (Å²) < 4.78 is 5.28. The molecule has 1 aromatic rings. The van der Waals surface area contributed by atoms with E-state index in [0.717, 1.165) is 6.42 Å². The summed E-state index contributed by atoms with van der Waals surface area (Å²) in [6.07, 6.45) is 1.12. The zero-order chi connectivity index (χ0) is 8.55. The van der Waals surface area contributed by atoms with Crippen molar-refractivity contribution in [2.24, 2.45) is 5.73 Å². The molecule has 2 nitrogen and oxygen atoms in total. The highest BCUT2D eigenvalue weighted by Crippen LogP contribution is 2.30. The first-order valence-electron chi connectivity index (χ1n) is 4.19. The first-order valence-corrected chi connectivity index (χ1v) is 4.19. The van der Waals surface area contributed by atoms with Crippen LogP contribution in [0.4, 0.5) is 0 Å². The van der Waals surface area contributed by atoms with Gasteiger partial charge in [0.25, 0.3) is 0 Å². The number of nitrogens with two attached hydrogens (primary N) is 1. The molecular formula is C10H13NO. The van der Waals surface area contributed by atoms with E-state index in [9.17, 15) is 0 Å². The van der Waals surface area contributed by atoms with Crippen LogP contribution in [0.2, 0.25) is 0 Å². The van der Waals surface area contributed by atoms with Crippen molar-refractivity contribution in [2.75, 3.05) is 7.11 Å². The summed E-state index contributed by atoms with van der Waals surface area (Å²) in [6, 6.07) is 8.33. The van der Waals surface area contributed by atoms with Crippen LogP contribution in [-0.2, 0) is 11.2 Å². The van der Waals surface area contributed by atoms with Gasteiger partial charge in [-0.1, -0.05) is 24.3 Å². The van der Waals surface area contributed by atoms with Gasteiger partial charge < -0.3 is 10.5 Å². The van der Waals surface area contributed by atoms with Gasteiger partial charge in [-0.3, -0.25) is 0 Å². The SMILES string of the molecule is CO[C@@H]1Cc2ccccc2[C@@H]1N. The third-order valence-corrected chi connectivity index (χ3v) is 2.54. The average molecular weight is 163 g/mol. The Morgan fingerprint density at radius 1 is 1.42 bits per heavy atom. The van der Waals surface area contributed by atoms with Crippen LogP contribution in [-0.4, -0.2) is 13.2 Å². The molecule has 0 aromatic heterocycles. The molecule has 0 saturated heterocycles. The van der Waals surface area contributed by atoms with Gasteiger partial charge >= 0.3 is 0 Å². The van der Waals surface area contributed by atoms with Crippen LogP contribution in [0.1, 0.15) is 17.2 Å². The molecule has 0 unspecified atom stereocenters. The highest BCUT2D eigenvalue weighted by atomic mass is 16.5. The molecule has 0 bridgehead atoms. The maximum atomic E-state index is 5.98. The molecule has 0 heterocycles. The monoisotopic (exact) mass is 163 g/mol. The Morgan fingerprint density at radius 2 is 2.17 bits per heavy atom. The van der Waals surface area contributed by atoms with E-state index in [1.54, 1.807) is 7.11 Å². The second-order valence-electron chi connectivity index (χ2n) is 3.20. The molecule has 64 valence electrons. The highest BCUT2D eigenvalue weighted by Gasteiger charge is 2.28. The van der Waals surface area contributed by atoms with Crippen LogP contribution in [0.5, 0.6) is 0 Å². The van der Waals surface area contributed by atoms with Gasteiger partial charge in [-0.15, -0.1) is 0 Å². The number of methoxy groups -OCH3 is 1. The third kappa shape index (κ3) is 1.04. The molecule has 0 radical (unpaired) electrons. The lowest BCUT2D eigenvalue weighted by atomic mass is 10.1. The van der Waals surface area contributed by atoms with Crippen LogP contribution in [0.15, 0.2) is 24.3 Å². The summed E-state index contributed by atoms with van der Waals surface area (Å²) in [5.74, 6) is 0. The Hall–Kier alpha value is -0.860. The van der Waals surface area contributed by atoms with Gasteiger partial charge in [-0.25, -0.2) is 0 Å². The molecule has 0 aliphatic heterocycles. The lowest BCUT2D eigenvalue weighted by molar-refractivity contribution is 0.0907. The van der Waals surface area contributed by atoms with E-state index >= 15 is 0 Å². The van der Waals surface area contributed by atoms with Gasteiger partial charge in [0.2, 0.25) is 0 Å². The minimum atomic E-state index is 0.0613. The largest absolute Gasteiger partial charge is 0.379 e. The maximum Gasteiger partial charge on any atom is 0.0804 e. The summed E-state index contributed by atoms with van der Waals surface area (Å²) in [5.41, 5.74) is 8.55. The Kier molecular flexibility index (Phi) is 1.87. The second kappa shape index (κ2) is 2.88. The van der Waals surface area contributed by atoms with Crippen molar-refractivity contribution < 1.29 is 4.74 Å². The minimum absolute atomic E-state index is 0.0613. The summed E-state index contributed by atoms with van der Waals surface area (Å²) in [6.45, 7) is 0. The predicted molar refractivity (Wildman–Crippen MR) is 47.9 cm³/mol. The van der Waals surface area contributed by atoms with Crippen molar-refractivity contribution >= 4 is 0 Å². The van der Waals surface area contributed by atoms with E-state index in [-0.39, 0.29) is 12.1 Å². The molecule has 12 heavy (non-hydrogen) atoms. The molecule has 0 saturated carbocycles. The van der Waals surface area contributed by atoms with E-state index in [4.69, 9.17) is 10.5 Å². The number of benzene rings is 1. The van der Waals surface area contributed by atoms with Gasteiger partial charge in [0.1, 0.15) is 0 Å². The first kappa shape index (κ1) is 7.77. The quantitative estimate of drug-likeness (QED) is 0.676. The topological polar surface area (TPSA) is 35.2 Å². The Labute approximate surface area is 72.3 Å². The molecule has 2 atom stereocenters. The first-order chi connectivity index (χ1) is 5.83. The molecule has 0 spiro atoms. The van der Waals surface area contributed by atoms with E-state index in [1.807, 2.05) is 12.1 Å². The smallest absolute Gasteiger partial charge is 0.0804 e. The van der Waals surface area contributed by atoms with Crippen molar-refractivity contribution in [3.63, 3.8) is 0 Å². The van der Waals surface area contributed by atoms with Gasteiger partial charge in [0.05, 0.1) is 12.1 Å². The number of hydrogen-bond acceptors (Lipinski definition) is 2. The molecular weight excluding hydrogens is 150 g/mol. The second-order valence-corrected chi connectivity index (χ2v) is 3.20. The fourth-order valence-electron chi connectivity index (χ4n) is 1.82. The normalized spacial score (nSPS) is 27.2. The summed E-state index contributed by atoms with van der Waals surface area (Å²) in [7, 11) is 1.72. The van der Waals surface area contributed by atoms with Gasteiger partial charge in [0.15, 0.2) is 0 Å². The maximum absolute atomic E-state index is 5.98. The minimum Gasteiger partial charge on any atom is -0.379 e. The van der Waals surface area contributed by atoms with Crippen molar-refractivity contribution in [3.05, 3.63) is 35.4 Å². The lowest BCUT2D eigenvalue weighted by Crippen LogP contribution is -2.23. The summed E-state index contributed by atoms with van der Waals surface area (Å²) in [4.78, 5) is 0. The predicted octanol–water partition coefficient (Wildman–Crippen LogP) is 1.26. The molecule has 0 amide bonds. The molecule has 1 aromatic carbocycles. The number of fused-ring (bicyclic) bond motifs is 1. The highest BCUT2D eigenvalue weighted by molar-refractivity contribution is 5.36. The summed E-state index contributed by atoms with van der Waals surface area (Å²) in [5, 5.41) is 0.